The number of rotatable bonds is 4. The molecule has 3 aliphatic rings. The minimum Gasteiger partial charge on any atom is -0.303 e. The second kappa shape index (κ2) is 7.76. The largest absolute Gasteiger partial charge is 0.303 e. The van der Waals surface area contributed by atoms with Crippen molar-refractivity contribution in [3.05, 3.63) is 0 Å². The minimum atomic E-state index is 0.362. The fourth-order valence-corrected chi connectivity index (χ4v) is 5.19. The second-order valence-corrected chi connectivity index (χ2v) is 7.74. The van der Waals surface area contributed by atoms with Crippen molar-refractivity contribution < 1.29 is 4.79 Å². The predicted octanol–water partition coefficient (Wildman–Crippen LogP) is 4.71. The van der Waals surface area contributed by atoms with Gasteiger partial charge in [-0.2, -0.15) is 0 Å². The Labute approximate surface area is 130 Å². The molecule has 0 aromatic heterocycles. The summed E-state index contributed by atoms with van der Waals surface area (Å²) in [6.45, 7) is 0. The van der Waals surface area contributed by atoms with Crippen molar-refractivity contribution in [1.29, 1.82) is 0 Å². The van der Waals surface area contributed by atoms with Gasteiger partial charge >= 0.3 is 0 Å². The van der Waals surface area contributed by atoms with Crippen molar-refractivity contribution in [1.82, 2.24) is 4.90 Å². The lowest BCUT2D eigenvalue weighted by Gasteiger charge is -2.48. The topological polar surface area (TPSA) is 20.3 Å². The van der Waals surface area contributed by atoms with Gasteiger partial charge in [-0.15, -0.1) is 0 Å². The van der Waals surface area contributed by atoms with Gasteiger partial charge in [0.1, 0.15) is 6.29 Å². The molecule has 2 nitrogen and oxygen atoms in total. The molecule has 0 bridgehead atoms. The summed E-state index contributed by atoms with van der Waals surface area (Å²) in [5.41, 5.74) is 0. The molecule has 0 aliphatic heterocycles. The summed E-state index contributed by atoms with van der Waals surface area (Å²) in [6.07, 6.45) is 20.5. The van der Waals surface area contributed by atoms with Crippen LogP contribution in [-0.2, 0) is 4.79 Å². The van der Waals surface area contributed by atoms with Crippen LogP contribution in [-0.4, -0.2) is 29.3 Å². The van der Waals surface area contributed by atoms with Gasteiger partial charge in [-0.25, -0.2) is 0 Å². The summed E-state index contributed by atoms with van der Waals surface area (Å²) in [5.74, 6) is 0.362. The maximum absolute atomic E-state index is 11.0. The van der Waals surface area contributed by atoms with Crippen LogP contribution in [0, 0.1) is 5.92 Å². The fraction of sp³-hybridized carbons (Fsp3) is 0.947. The molecule has 0 saturated heterocycles. The highest BCUT2D eigenvalue weighted by molar-refractivity contribution is 5.53. The molecule has 3 fully saturated rings. The molecule has 0 N–H and O–H groups in total. The smallest absolute Gasteiger partial charge is 0.123 e. The molecule has 0 heterocycles. The third kappa shape index (κ3) is 3.88. The lowest BCUT2D eigenvalue weighted by molar-refractivity contribution is -0.112. The van der Waals surface area contributed by atoms with Crippen molar-refractivity contribution in [3.8, 4) is 0 Å². The van der Waals surface area contributed by atoms with Gasteiger partial charge in [0.15, 0.2) is 0 Å². The van der Waals surface area contributed by atoms with Crippen molar-refractivity contribution in [3.63, 3.8) is 0 Å². The van der Waals surface area contributed by atoms with Crippen LogP contribution in [0.1, 0.15) is 89.9 Å². The molecule has 0 amide bonds. The maximum atomic E-state index is 11.0. The van der Waals surface area contributed by atoms with E-state index in [0.717, 1.165) is 31.0 Å². The average Bonchev–Trinajstić information content (AvgIpc) is 2.58. The Balaban J connectivity index is 1.67. The zero-order valence-electron chi connectivity index (χ0n) is 13.6. The Bertz CT molecular complexity index is 292. The van der Waals surface area contributed by atoms with Gasteiger partial charge in [0.25, 0.3) is 0 Å². The van der Waals surface area contributed by atoms with Gasteiger partial charge in [0, 0.05) is 24.0 Å². The van der Waals surface area contributed by atoms with E-state index < -0.39 is 0 Å². The highest BCUT2D eigenvalue weighted by atomic mass is 16.1. The molecule has 21 heavy (non-hydrogen) atoms. The summed E-state index contributed by atoms with van der Waals surface area (Å²) in [6, 6.07) is 2.51. The summed E-state index contributed by atoms with van der Waals surface area (Å²) >= 11 is 0. The molecule has 0 radical (unpaired) electrons. The molecule has 120 valence electrons. The molecule has 3 saturated carbocycles. The monoisotopic (exact) mass is 291 g/mol. The van der Waals surface area contributed by atoms with E-state index in [9.17, 15) is 4.79 Å². The van der Waals surface area contributed by atoms with Crippen LogP contribution >= 0.6 is 0 Å². The van der Waals surface area contributed by atoms with Crippen LogP contribution in [0.4, 0.5) is 0 Å². The number of hydrogen-bond acceptors (Lipinski definition) is 2. The first kappa shape index (κ1) is 15.5. The quantitative estimate of drug-likeness (QED) is 0.699. The molecule has 0 aromatic rings. The summed E-state index contributed by atoms with van der Waals surface area (Å²) in [7, 11) is 0. The predicted molar refractivity (Wildman–Crippen MR) is 87.4 cm³/mol. The summed E-state index contributed by atoms with van der Waals surface area (Å²) in [5, 5.41) is 0. The maximum Gasteiger partial charge on any atom is 0.123 e. The molecule has 3 rings (SSSR count). The van der Waals surface area contributed by atoms with E-state index in [4.69, 9.17) is 0 Å². The summed E-state index contributed by atoms with van der Waals surface area (Å²) in [4.78, 5) is 14.0. The number of nitrogens with zero attached hydrogens (tertiary/aromatic N) is 1. The van der Waals surface area contributed by atoms with Crippen LogP contribution in [0.5, 0.6) is 0 Å². The van der Waals surface area contributed by atoms with E-state index in [1.165, 1.54) is 83.3 Å². The molecule has 3 aliphatic carbocycles. The van der Waals surface area contributed by atoms with Gasteiger partial charge in [-0.05, 0) is 51.4 Å². The second-order valence-electron chi connectivity index (χ2n) is 7.74. The number of hydrogen-bond donors (Lipinski definition) is 0. The summed E-state index contributed by atoms with van der Waals surface area (Å²) < 4.78 is 0. The Morgan fingerprint density at radius 1 is 0.571 bits per heavy atom. The van der Waals surface area contributed by atoms with Crippen molar-refractivity contribution in [2.75, 3.05) is 0 Å². The first-order valence-electron chi connectivity index (χ1n) is 9.61. The Kier molecular flexibility index (Phi) is 5.74. The van der Waals surface area contributed by atoms with Crippen LogP contribution < -0.4 is 0 Å². The van der Waals surface area contributed by atoms with Crippen LogP contribution in [0.3, 0.4) is 0 Å². The highest BCUT2D eigenvalue weighted by Gasteiger charge is 2.35. The van der Waals surface area contributed by atoms with Gasteiger partial charge in [0.2, 0.25) is 0 Å². The number of aldehydes is 1. The van der Waals surface area contributed by atoms with Crippen molar-refractivity contribution in [2.24, 2.45) is 5.92 Å². The molecule has 0 aromatic carbocycles. The third-order valence-corrected chi connectivity index (χ3v) is 6.35. The van der Waals surface area contributed by atoms with Crippen LogP contribution in [0.15, 0.2) is 0 Å². The fourth-order valence-electron chi connectivity index (χ4n) is 5.19. The Hall–Kier alpha value is -0.370. The Morgan fingerprint density at radius 3 is 1.43 bits per heavy atom. The third-order valence-electron chi connectivity index (χ3n) is 6.35. The lowest BCUT2D eigenvalue weighted by atomic mass is 9.81. The molecule has 0 atom stereocenters. The number of carbonyl (C=O) groups is 1. The van der Waals surface area contributed by atoms with Crippen molar-refractivity contribution in [2.45, 2.75) is 108 Å². The average molecular weight is 291 g/mol. The van der Waals surface area contributed by atoms with Crippen LogP contribution in [0.2, 0.25) is 0 Å². The molecule has 0 unspecified atom stereocenters. The molecular formula is C19H33NO. The van der Waals surface area contributed by atoms with Gasteiger partial charge in [-0.1, -0.05) is 38.5 Å². The Morgan fingerprint density at radius 2 is 1.00 bits per heavy atom. The lowest BCUT2D eigenvalue weighted by Crippen LogP contribution is -2.52. The number of carbonyl (C=O) groups excluding carboxylic acids is 1. The first-order chi connectivity index (χ1) is 10.4. The van der Waals surface area contributed by atoms with Crippen LogP contribution in [0.25, 0.3) is 0 Å². The van der Waals surface area contributed by atoms with E-state index in [1.54, 1.807) is 0 Å². The van der Waals surface area contributed by atoms with E-state index in [1.807, 2.05) is 0 Å². The van der Waals surface area contributed by atoms with E-state index in [2.05, 4.69) is 4.90 Å². The first-order valence-corrected chi connectivity index (χ1v) is 9.61. The molecular weight excluding hydrogens is 258 g/mol. The standard InChI is InChI=1S/C19H33NO/c21-15-16-11-13-19(14-12-16)20(17-7-3-1-4-8-17)18-9-5-2-6-10-18/h15-19H,1-14H2. The van der Waals surface area contributed by atoms with Gasteiger partial charge in [0.05, 0.1) is 0 Å². The zero-order chi connectivity index (χ0) is 14.5. The highest BCUT2D eigenvalue weighted by Crippen LogP contribution is 2.36. The minimum absolute atomic E-state index is 0.362. The zero-order valence-corrected chi connectivity index (χ0v) is 13.6. The van der Waals surface area contributed by atoms with Gasteiger partial charge in [-0.3, -0.25) is 4.90 Å². The normalized spacial score (nSPS) is 33.2. The van der Waals surface area contributed by atoms with Crippen molar-refractivity contribution >= 4 is 6.29 Å². The van der Waals surface area contributed by atoms with E-state index >= 15 is 0 Å². The van der Waals surface area contributed by atoms with E-state index in [0.29, 0.717) is 5.92 Å². The van der Waals surface area contributed by atoms with Gasteiger partial charge < -0.3 is 4.79 Å². The van der Waals surface area contributed by atoms with E-state index in [-0.39, 0.29) is 0 Å². The molecule has 2 heteroatoms. The SMILES string of the molecule is O=CC1CCC(N(C2CCCCC2)C2CCCCC2)CC1. The molecule has 0 spiro atoms.